The van der Waals surface area contributed by atoms with E-state index in [-0.39, 0.29) is 17.9 Å². The summed E-state index contributed by atoms with van der Waals surface area (Å²) in [5.41, 5.74) is -0.138. The lowest BCUT2D eigenvalue weighted by Crippen LogP contribution is -2.67. The highest BCUT2D eigenvalue weighted by Gasteiger charge is 2.47. The molecular weight excluding hydrogens is 240 g/mol. The van der Waals surface area contributed by atoms with Crippen molar-refractivity contribution in [2.75, 3.05) is 6.54 Å². The van der Waals surface area contributed by atoms with Crippen molar-refractivity contribution in [3.63, 3.8) is 0 Å². The molecule has 1 aliphatic rings. The van der Waals surface area contributed by atoms with Crippen molar-refractivity contribution in [1.29, 1.82) is 0 Å². The first-order valence-corrected chi connectivity index (χ1v) is 6.73. The van der Waals surface area contributed by atoms with Crippen molar-refractivity contribution in [2.45, 2.75) is 38.8 Å². The fourth-order valence-electron chi connectivity index (χ4n) is 2.69. The van der Waals surface area contributed by atoms with E-state index in [0.717, 1.165) is 5.56 Å². The van der Waals surface area contributed by atoms with E-state index in [4.69, 9.17) is 0 Å². The minimum Gasteiger partial charge on any atom is -0.336 e. The summed E-state index contributed by atoms with van der Waals surface area (Å²) in [5, 5.41) is 2.89. The molecule has 1 aliphatic heterocycles. The molecule has 1 N–H and O–H groups in total. The molecule has 0 aromatic heterocycles. The molecule has 0 aliphatic carbocycles. The number of likely N-dealkylation sites (N-methyl/N-ethyl adjacent to an activating group) is 1. The number of nitrogens with zero attached hydrogens (tertiary/aromatic N) is 1. The number of carbonyl (C=O) groups is 2. The summed E-state index contributed by atoms with van der Waals surface area (Å²) in [4.78, 5) is 26.6. The number of nitrogens with one attached hydrogen (secondary N) is 1. The molecule has 1 fully saturated rings. The quantitative estimate of drug-likeness (QED) is 0.898. The Hall–Kier alpha value is -1.84. The van der Waals surface area contributed by atoms with E-state index in [1.165, 1.54) is 0 Å². The fourth-order valence-corrected chi connectivity index (χ4v) is 2.69. The smallest absolute Gasteiger partial charge is 0.253 e. The monoisotopic (exact) mass is 260 g/mol. The Bertz CT molecular complexity index is 486. The predicted octanol–water partition coefficient (Wildman–Crippen LogP) is 1.66. The first kappa shape index (κ1) is 13.6. The molecular formula is C15H20N2O2. The molecule has 102 valence electrons. The van der Waals surface area contributed by atoms with Gasteiger partial charge in [-0.1, -0.05) is 37.3 Å². The van der Waals surface area contributed by atoms with Gasteiger partial charge in [0.15, 0.2) is 0 Å². The van der Waals surface area contributed by atoms with Gasteiger partial charge in [-0.25, -0.2) is 0 Å². The Balaban J connectivity index is 2.43. The molecule has 1 heterocycles. The number of carbonyl (C=O) groups excluding carboxylic acids is 2. The van der Waals surface area contributed by atoms with Crippen LogP contribution in [0.15, 0.2) is 30.3 Å². The first-order valence-electron chi connectivity index (χ1n) is 6.73. The zero-order valence-electron chi connectivity index (χ0n) is 11.6. The maximum absolute atomic E-state index is 12.7. The molecule has 1 aromatic carbocycles. The minimum atomic E-state index is -0.958. The first-order chi connectivity index (χ1) is 9.04. The highest BCUT2D eigenvalue weighted by molar-refractivity contribution is 6.00. The third-order valence-corrected chi connectivity index (χ3v) is 3.82. The number of amides is 2. The van der Waals surface area contributed by atoms with E-state index < -0.39 is 5.54 Å². The molecule has 4 heteroatoms. The topological polar surface area (TPSA) is 49.4 Å². The largest absolute Gasteiger partial charge is 0.336 e. The van der Waals surface area contributed by atoms with Gasteiger partial charge >= 0.3 is 0 Å². The number of hydrogen-bond donors (Lipinski definition) is 1. The van der Waals surface area contributed by atoms with Crippen molar-refractivity contribution in [3.05, 3.63) is 35.9 Å². The lowest BCUT2D eigenvalue weighted by atomic mass is 9.86. The van der Waals surface area contributed by atoms with Crippen molar-refractivity contribution in [3.8, 4) is 0 Å². The van der Waals surface area contributed by atoms with E-state index in [2.05, 4.69) is 5.32 Å². The summed E-state index contributed by atoms with van der Waals surface area (Å²) in [7, 11) is 0. The van der Waals surface area contributed by atoms with E-state index >= 15 is 0 Å². The molecule has 1 saturated heterocycles. The van der Waals surface area contributed by atoms with Gasteiger partial charge in [-0.15, -0.1) is 0 Å². The number of benzene rings is 1. The van der Waals surface area contributed by atoms with Crippen LogP contribution in [-0.4, -0.2) is 29.3 Å². The number of hydrogen-bond acceptors (Lipinski definition) is 2. The van der Waals surface area contributed by atoms with Crippen LogP contribution in [0.3, 0.4) is 0 Å². The maximum Gasteiger partial charge on any atom is 0.253 e. The van der Waals surface area contributed by atoms with Crippen LogP contribution < -0.4 is 5.32 Å². The molecule has 2 unspecified atom stereocenters. The second-order valence-corrected chi connectivity index (χ2v) is 5.00. The molecule has 4 nitrogen and oxygen atoms in total. The van der Waals surface area contributed by atoms with Crippen LogP contribution in [0.2, 0.25) is 0 Å². The van der Waals surface area contributed by atoms with Gasteiger partial charge in [0, 0.05) is 6.54 Å². The molecule has 19 heavy (non-hydrogen) atoms. The standard InChI is InChI=1S/C15H20N2O2/c1-4-12-13(18)16-15(3,14(19)17(12)5-2)11-9-7-6-8-10-11/h6-10,12H,4-5H2,1-3H3,(H,16,18). The average Bonchev–Trinajstić information content (AvgIpc) is 2.43. The van der Waals surface area contributed by atoms with Crippen LogP contribution in [0.25, 0.3) is 0 Å². The van der Waals surface area contributed by atoms with Gasteiger partial charge in [0.1, 0.15) is 11.6 Å². The molecule has 0 bridgehead atoms. The predicted molar refractivity (Wildman–Crippen MR) is 73.4 cm³/mol. The molecule has 2 atom stereocenters. The summed E-state index contributed by atoms with van der Waals surface area (Å²) >= 11 is 0. The van der Waals surface area contributed by atoms with Crippen LogP contribution in [-0.2, 0) is 15.1 Å². The molecule has 2 amide bonds. The summed E-state index contributed by atoms with van der Waals surface area (Å²) < 4.78 is 0. The molecule has 0 spiro atoms. The molecule has 0 saturated carbocycles. The van der Waals surface area contributed by atoms with E-state index in [1.54, 1.807) is 11.8 Å². The molecule has 0 radical (unpaired) electrons. The zero-order valence-corrected chi connectivity index (χ0v) is 11.6. The van der Waals surface area contributed by atoms with Gasteiger partial charge in [0.2, 0.25) is 5.91 Å². The van der Waals surface area contributed by atoms with Crippen LogP contribution >= 0.6 is 0 Å². The fraction of sp³-hybridized carbons (Fsp3) is 0.467. The lowest BCUT2D eigenvalue weighted by Gasteiger charge is -2.44. The Kier molecular flexibility index (Phi) is 3.60. The SMILES string of the molecule is CCC1C(=O)NC(C)(c2ccccc2)C(=O)N1CC. The Morgan fingerprint density at radius 3 is 2.37 bits per heavy atom. The van der Waals surface area contributed by atoms with E-state index in [0.29, 0.717) is 13.0 Å². The Labute approximate surface area is 113 Å². The van der Waals surface area contributed by atoms with Gasteiger partial charge in [-0.3, -0.25) is 9.59 Å². The van der Waals surface area contributed by atoms with Crippen LogP contribution in [0.5, 0.6) is 0 Å². The minimum absolute atomic E-state index is 0.0346. The number of piperazine rings is 1. The summed E-state index contributed by atoms with van der Waals surface area (Å²) in [6.45, 7) is 6.15. The van der Waals surface area contributed by atoms with E-state index in [9.17, 15) is 9.59 Å². The van der Waals surface area contributed by atoms with Gasteiger partial charge in [0.25, 0.3) is 5.91 Å². The van der Waals surface area contributed by atoms with Crippen LogP contribution in [0.4, 0.5) is 0 Å². The van der Waals surface area contributed by atoms with Crippen molar-refractivity contribution < 1.29 is 9.59 Å². The summed E-state index contributed by atoms with van der Waals surface area (Å²) in [5.74, 6) is -0.108. The van der Waals surface area contributed by atoms with Crippen LogP contribution in [0.1, 0.15) is 32.8 Å². The highest BCUT2D eigenvalue weighted by atomic mass is 16.2. The zero-order chi connectivity index (χ0) is 14.0. The Morgan fingerprint density at radius 2 is 1.84 bits per heavy atom. The Morgan fingerprint density at radius 1 is 1.21 bits per heavy atom. The van der Waals surface area contributed by atoms with Crippen molar-refractivity contribution in [2.24, 2.45) is 0 Å². The molecule has 1 aromatic rings. The average molecular weight is 260 g/mol. The van der Waals surface area contributed by atoms with Crippen LogP contribution in [0, 0.1) is 0 Å². The normalized spacial score (nSPS) is 27.3. The van der Waals surface area contributed by atoms with Gasteiger partial charge < -0.3 is 10.2 Å². The second-order valence-electron chi connectivity index (χ2n) is 5.00. The molecule has 2 rings (SSSR count). The van der Waals surface area contributed by atoms with E-state index in [1.807, 2.05) is 44.2 Å². The van der Waals surface area contributed by atoms with Gasteiger partial charge in [0.05, 0.1) is 0 Å². The van der Waals surface area contributed by atoms with Gasteiger partial charge in [-0.05, 0) is 25.8 Å². The third-order valence-electron chi connectivity index (χ3n) is 3.82. The lowest BCUT2D eigenvalue weighted by molar-refractivity contribution is -0.154. The second kappa shape index (κ2) is 5.03. The third kappa shape index (κ3) is 2.11. The van der Waals surface area contributed by atoms with Crippen molar-refractivity contribution >= 4 is 11.8 Å². The van der Waals surface area contributed by atoms with Crippen molar-refractivity contribution in [1.82, 2.24) is 10.2 Å². The summed E-state index contributed by atoms with van der Waals surface area (Å²) in [6.07, 6.45) is 0.635. The summed E-state index contributed by atoms with van der Waals surface area (Å²) in [6, 6.07) is 9.05. The maximum atomic E-state index is 12.7. The van der Waals surface area contributed by atoms with Gasteiger partial charge in [-0.2, -0.15) is 0 Å². The number of rotatable bonds is 3. The highest BCUT2D eigenvalue weighted by Crippen LogP contribution is 2.28.